The summed E-state index contributed by atoms with van der Waals surface area (Å²) in [5.74, 6) is -0.954. The van der Waals surface area contributed by atoms with Crippen LogP contribution in [0, 0.1) is 0 Å². The van der Waals surface area contributed by atoms with Crippen LogP contribution in [0.15, 0.2) is 12.5 Å². The van der Waals surface area contributed by atoms with Gasteiger partial charge in [-0.25, -0.2) is 14.8 Å². The molecule has 1 aliphatic heterocycles. The molecule has 1 aromatic heterocycles. The molecule has 0 radical (unpaired) electrons. The quantitative estimate of drug-likeness (QED) is 0.793. The van der Waals surface area contributed by atoms with Crippen molar-refractivity contribution >= 4 is 5.97 Å². The number of rotatable bonds is 3. The van der Waals surface area contributed by atoms with E-state index in [0.717, 1.165) is 13.1 Å². The van der Waals surface area contributed by atoms with E-state index in [1.54, 1.807) is 0 Å². The molecule has 0 aromatic carbocycles. The number of likely N-dealkylation sites (tertiary alicyclic amines) is 1. The third-order valence-electron chi connectivity index (χ3n) is 2.60. The second kappa shape index (κ2) is 4.35. The zero-order chi connectivity index (χ0) is 10.7. The van der Waals surface area contributed by atoms with Crippen molar-refractivity contribution in [3.8, 4) is 0 Å². The Morgan fingerprint density at radius 2 is 2.20 bits per heavy atom. The van der Waals surface area contributed by atoms with Crippen LogP contribution in [0.1, 0.15) is 28.9 Å². The average Bonchev–Trinajstić information content (AvgIpc) is 2.71. The zero-order valence-electron chi connectivity index (χ0n) is 8.39. The fourth-order valence-corrected chi connectivity index (χ4v) is 1.81. The van der Waals surface area contributed by atoms with Crippen molar-refractivity contribution in [2.75, 3.05) is 13.1 Å². The minimum Gasteiger partial charge on any atom is -0.478 e. The van der Waals surface area contributed by atoms with Gasteiger partial charge in [0.2, 0.25) is 0 Å². The summed E-state index contributed by atoms with van der Waals surface area (Å²) in [6.45, 7) is 2.68. The standard InChI is InChI=1S/C10H13N3O2/c14-10(15)8-5-11-7-12-9(8)6-13-3-1-2-4-13/h5,7H,1-4,6H2,(H,14,15). The number of carboxylic acid groups (broad SMARTS) is 1. The van der Waals surface area contributed by atoms with Gasteiger partial charge in [-0.3, -0.25) is 4.90 Å². The summed E-state index contributed by atoms with van der Waals surface area (Å²) < 4.78 is 0. The van der Waals surface area contributed by atoms with Crippen molar-refractivity contribution in [1.82, 2.24) is 14.9 Å². The molecule has 1 N–H and O–H groups in total. The van der Waals surface area contributed by atoms with Crippen LogP contribution in [0.5, 0.6) is 0 Å². The Hall–Kier alpha value is -1.49. The molecule has 0 bridgehead atoms. The Balaban J connectivity index is 2.15. The van der Waals surface area contributed by atoms with E-state index in [1.807, 2.05) is 0 Å². The van der Waals surface area contributed by atoms with Gasteiger partial charge in [-0.05, 0) is 25.9 Å². The molecule has 1 aromatic rings. The van der Waals surface area contributed by atoms with Gasteiger partial charge >= 0.3 is 5.97 Å². The SMILES string of the molecule is O=C(O)c1cncnc1CN1CCCC1. The van der Waals surface area contributed by atoms with Crippen LogP contribution in [-0.4, -0.2) is 39.0 Å². The lowest BCUT2D eigenvalue weighted by atomic mass is 10.2. The highest BCUT2D eigenvalue weighted by Crippen LogP contribution is 2.13. The van der Waals surface area contributed by atoms with Gasteiger partial charge in [-0.1, -0.05) is 0 Å². The van der Waals surface area contributed by atoms with E-state index in [0.29, 0.717) is 12.2 Å². The fraction of sp³-hybridized carbons (Fsp3) is 0.500. The topological polar surface area (TPSA) is 66.3 Å². The Morgan fingerprint density at radius 1 is 1.47 bits per heavy atom. The van der Waals surface area contributed by atoms with Crippen LogP contribution in [0.2, 0.25) is 0 Å². The van der Waals surface area contributed by atoms with Crippen LogP contribution in [0.3, 0.4) is 0 Å². The second-order valence-electron chi connectivity index (χ2n) is 3.67. The summed E-state index contributed by atoms with van der Waals surface area (Å²) in [4.78, 5) is 20.9. The smallest absolute Gasteiger partial charge is 0.339 e. The molecule has 1 fully saturated rings. The van der Waals surface area contributed by atoms with Crippen molar-refractivity contribution in [3.05, 3.63) is 23.8 Å². The van der Waals surface area contributed by atoms with Crippen molar-refractivity contribution in [2.24, 2.45) is 0 Å². The second-order valence-corrected chi connectivity index (χ2v) is 3.67. The molecule has 15 heavy (non-hydrogen) atoms. The Bertz CT molecular complexity index is 361. The zero-order valence-corrected chi connectivity index (χ0v) is 8.39. The van der Waals surface area contributed by atoms with E-state index in [4.69, 9.17) is 5.11 Å². The van der Waals surface area contributed by atoms with E-state index in [-0.39, 0.29) is 5.56 Å². The molecular weight excluding hydrogens is 194 g/mol. The predicted molar refractivity (Wildman–Crippen MR) is 53.5 cm³/mol. The highest BCUT2D eigenvalue weighted by molar-refractivity contribution is 5.88. The minimum atomic E-state index is -0.954. The average molecular weight is 207 g/mol. The number of hydrogen-bond donors (Lipinski definition) is 1. The maximum absolute atomic E-state index is 10.9. The summed E-state index contributed by atoms with van der Waals surface area (Å²) >= 11 is 0. The first-order valence-electron chi connectivity index (χ1n) is 5.02. The fourth-order valence-electron chi connectivity index (χ4n) is 1.81. The lowest BCUT2D eigenvalue weighted by Gasteiger charge is -2.14. The lowest BCUT2D eigenvalue weighted by Crippen LogP contribution is -2.21. The van der Waals surface area contributed by atoms with Gasteiger partial charge in [-0.2, -0.15) is 0 Å². The summed E-state index contributed by atoms with van der Waals surface area (Å²) in [7, 11) is 0. The van der Waals surface area contributed by atoms with E-state index in [9.17, 15) is 4.79 Å². The monoisotopic (exact) mass is 207 g/mol. The molecule has 0 amide bonds. The molecule has 0 saturated carbocycles. The largest absolute Gasteiger partial charge is 0.478 e. The van der Waals surface area contributed by atoms with Gasteiger partial charge < -0.3 is 5.11 Å². The number of aromatic nitrogens is 2. The van der Waals surface area contributed by atoms with Crippen molar-refractivity contribution in [2.45, 2.75) is 19.4 Å². The van der Waals surface area contributed by atoms with E-state index in [2.05, 4.69) is 14.9 Å². The lowest BCUT2D eigenvalue weighted by molar-refractivity contribution is 0.0693. The first-order valence-corrected chi connectivity index (χ1v) is 5.02. The summed E-state index contributed by atoms with van der Waals surface area (Å²) in [6.07, 6.45) is 5.14. The Morgan fingerprint density at radius 3 is 2.87 bits per heavy atom. The van der Waals surface area contributed by atoms with E-state index >= 15 is 0 Å². The van der Waals surface area contributed by atoms with Gasteiger partial charge in [0.1, 0.15) is 11.9 Å². The highest BCUT2D eigenvalue weighted by atomic mass is 16.4. The predicted octanol–water partition coefficient (Wildman–Crippen LogP) is 0.771. The third-order valence-corrected chi connectivity index (χ3v) is 2.60. The summed E-state index contributed by atoms with van der Waals surface area (Å²) in [5, 5.41) is 8.94. The maximum atomic E-state index is 10.9. The summed E-state index contributed by atoms with van der Waals surface area (Å²) in [6, 6.07) is 0. The third kappa shape index (κ3) is 2.30. The van der Waals surface area contributed by atoms with Crippen LogP contribution in [0.4, 0.5) is 0 Å². The van der Waals surface area contributed by atoms with Crippen LogP contribution >= 0.6 is 0 Å². The molecule has 1 saturated heterocycles. The molecule has 5 nitrogen and oxygen atoms in total. The van der Waals surface area contributed by atoms with Crippen molar-refractivity contribution in [1.29, 1.82) is 0 Å². The Labute approximate surface area is 87.8 Å². The molecule has 0 spiro atoms. The molecule has 5 heteroatoms. The summed E-state index contributed by atoms with van der Waals surface area (Å²) in [5.41, 5.74) is 0.823. The molecule has 2 heterocycles. The first-order chi connectivity index (χ1) is 7.27. The normalized spacial score (nSPS) is 16.8. The number of carboxylic acids is 1. The molecule has 1 aliphatic rings. The van der Waals surface area contributed by atoms with Gasteiger partial charge in [0.15, 0.2) is 0 Å². The molecule has 80 valence electrons. The van der Waals surface area contributed by atoms with E-state index in [1.165, 1.54) is 25.4 Å². The van der Waals surface area contributed by atoms with Crippen molar-refractivity contribution < 1.29 is 9.90 Å². The number of nitrogens with zero attached hydrogens (tertiary/aromatic N) is 3. The van der Waals surface area contributed by atoms with Crippen LogP contribution < -0.4 is 0 Å². The van der Waals surface area contributed by atoms with E-state index < -0.39 is 5.97 Å². The molecule has 0 atom stereocenters. The van der Waals surface area contributed by atoms with Gasteiger partial charge in [-0.15, -0.1) is 0 Å². The number of carbonyl (C=O) groups is 1. The Kier molecular flexibility index (Phi) is 2.91. The number of hydrogen-bond acceptors (Lipinski definition) is 4. The van der Waals surface area contributed by atoms with Gasteiger partial charge in [0.05, 0.1) is 5.69 Å². The van der Waals surface area contributed by atoms with Crippen LogP contribution in [-0.2, 0) is 6.54 Å². The molecule has 0 aliphatic carbocycles. The maximum Gasteiger partial charge on any atom is 0.339 e. The molecule has 0 unspecified atom stereocenters. The van der Waals surface area contributed by atoms with Crippen molar-refractivity contribution in [3.63, 3.8) is 0 Å². The van der Waals surface area contributed by atoms with Crippen LogP contribution in [0.25, 0.3) is 0 Å². The minimum absolute atomic E-state index is 0.212. The highest BCUT2D eigenvalue weighted by Gasteiger charge is 2.17. The molecular formula is C10H13N3O2. The first kappa shape index (κ1) is 10.0. The molecule has 2 rings (SSSR count). The van der Waals surface area contributed by atoms with Gasteiger partial charge in [0, 0.05) is 12.7 Å². The van der Waals surface area contributed by atoms with Gasteiger partial charge in [0.25, 0.3) is 0 Å². The number of aromatic carboxylic acids is 1.